The zero-order valence-corrected chi connectivity index (χ0v) is 16.7. The maximum Gasteiger partial charge on any atom is 0.258 e. The summed E-state index contributed by atoms with van der Waals surface area (Å²) in [7, 11) is 0. The molecular formula is C19H18Cl2FN3OS. The molecule has 27 heavy (non-hydrogen) atoms. The molecule has 1 aliphatic rings. The number of rotatable bonds is 3. The van der Waals surface area contributed by atoms with Gasteiger partial charge in [-0.15, -0.1) is 0 Å². The van der Waals surface area contributed by atoms with E-state index in [4.69, 9.17) is 35.4 Å². The van der Waals surface area contributed by atoms with E-state index >= 15 is 0 Å². The van der Waals surface area contributed by atoms with Crippen LogP contribution in [0.1, 0.15) is 29.6 Å². The van der Waals surface area contributed by atoms with E-state index in [9.17, 15) is 9.18 Å². The predicted octanol–water partition coefficient (Wildman–Crippen LogP) is 5.25. The highest BCUT2D eigenvalue weighted by molar-refractivity contribution is 7.80. The summed E-state index contributed by atoms with van der Waals surface area (Å²) in [4.78, 5) is 14.3. The Morgan fingerprint density at radius 3 is 2.52 bits per heavy atom. The Kier molecular flexibility index (Phi) is 6.52. The lowest BCUT2D eigenvalue weighted by atomic mass is 10.1. The van der Waals surface area contributed by atoms with Gasteiger partial charge in [-0.3, -0.25) is 10.1 Å². The number of piperidine rings is 1. The van der Waals surface area contributed by atoms with Crippen molar-refractivity contribution in [2.24, 2.45) is 0 Å². The fraction of sp³-hybridized carbons (Fsp3) is 0.263. The lowest BCUT2D eigenvalue weighted by molar-refractivity contribution is 0.0978. The predicted molar refractivity (Wildman–Crippen MR) is 113 cm³/mol. The summed E-state index contributed by atoms with van der Waals surface area (Å²) in [6, 6.07) is 9.40. The van der Waals surface area contributed by atoms with Gasteiger partial charge in [0.2, 0.25) is 0 Å². The van der Waals surface area contributed by atoms with Crippen LogP contribution in [0, 0.1) is 5.82 Å². The van der Waals surface area contributed by atoms with Crippen molar-refractivity contribution in [1.82, 2.24) is 5.32 Å². The Morgan fingerprint density at radius 1 is 1.07 bits per heavy atom. The first kappa shape index (κ1) is 19.9. The third-order valence-corrected chi connectivity index (χ3v) is 5.07. The maximum atomic E-state index is 14.5. The number of carbonyl (C=O) groups is 1. The van der Waals surface area contributed by atoms with Gasteiger partial charge in [-0.2, -0.15) is 0 Å². The highest BCUT2D eigenvalue weighted by Gasteiger charge is 2.16. The number of hydrogen-bond donors (Lipinski definition) is 2. The molecule has 2 N–H and O–H groups in total. The van der Waals surface area contributed by atoms with Crippen molar-refractivity contribution >= 4 is 57.8 Å². The van der Waals surface area contributed by atoms with Crippen LogP contribution in [0.4, 0.5) is 15.8 Å². The third kappa shape index (κ3) is 5.09. The minimum Gasteiger partial charge on any atom is -0.369 e. The summed E-state index contributed by atoms with van der Waals surface area (Å²) in [6.07, 6.45) is 3.33. The van der Waals surface area contributed by atoms with Crippen LogP contribution in [0.5, 0.6) is 0 Å². The molecule has 0 unspecified atom stereocenters. The van der Waals surface area contributed by atoms with Crippen molar-refractivity contribution in [2.45, 2.75) is 19.3 Å². The van der Waals surface area contributed by atoms with Gasteiger partial charge in [-0.1, -0.05) is 23.2 Å². The third-order valence-electron chi connectivity index (χ3n) is 4.30. The Balaban J connectivity index is 1.64. The van der Waals surface area contributed by atoms with Crippen molar-refractivity contribution in [3.8, 4) is 0 Å². The molecule has 1 aliphatic heterocycles. The van der Waals surface area contributed by atoms with Crippen LogP contribution in [-0.2, 0) is 0 Å². The number of halogens is 3. The molecular weight excluding hydrogens is 408 g/mol. The number of benzene rings is 2. The standard InChI is InChI=1S/C19H18Cl2FN3OS/c20-12-4-6-15(21)14(10-12)18(26)24-19(27)23-13-5-7-17(16(22)11-13)25-8-2-1-3-9-25/h4-7,10-11H,1-3,8-9H2,(H2,23,24,26,27). The number of anilines is 2. The number of hydrogen-bond acceptors (Lipinski definition) is 3. The maximum absolute atomic E-state index is 14.5. The highest BCUT2D eigenvalue weighted by atomic mass is 35.5. The van der Waals surface area contributed by atoms with Crippen LogP contribution in [0.15, 0.2) is 36.4 Å². The van der Waals surface area contributed by atoms with Crippen LogP contribution < -0.4 is 15.5 Å². The van der Waals surface area contributed by atoms with Crippen molar-refractivity contribution in [1.29, 1.82) is 0 Å². The smallest absolute Gasteiger partial charge is 0.258 e. The number of carbonyl (C=O) groups excluding carboxylic acids is 1. The topological polar surface area (TPSA) is 44.4 Å². The molecule has 8 heteroatoms. The molecule has 1 fully saturated rings. The minimum atomic E-state index is -0.495. The second-order valence-electron chi connectivity index (χ2n) is 6.25. The van der Waals surface area contributed by atoms with Crippen LogP contribution >= 0.6 is 35.4 Å². The number of nitrogens with one attached hydrogen (secondary N) is 2. The van der Waals surface area contributed by atoms with Crippen LogP contribution in [0.25, 0.3) is 0 Å². The lowest BCUT2D eigenvalue weighted by Crippen LogP contribution is -2.34. The SMILES string of the molecule is O=C(NC(=S)Nc1ccc(N2CCCCC2)c(F)c1)c1cc(Cl)ccc1Cl. The second-order valence-corrected chi connectivity index (χ2v) is 7.50. The van der Waals surface area contributed by atoms with Crippen molar-refractivity contribution in [3.63, 3.8) is 0 Å². The van der Waals surface area contributed by atoms with E-state index in [1.54, 1.807) is 18.2 Å². The Bertz CT molecular complexity index is 872. The van der Waals surface area contributed by atoms with Crippen LogP contribution in [-0.4, -0.2) is 24.1 Å². The molecule has 1 heterocycles. The molecule has 0 atom stereocenters. The molecule has 0 aliphatic carbocycles. The summed E-state index contributed by atoms with van der Waals surface area (Å²) in [6.45, 7) is 1.72. The molecule has 2 aromatic rings. The number of thiocarbonyl (C=S) groups is 1. The Hall–Kier alpha value is -1.89. The zero-order valence-electron chi connectivity index (χ0n) is 14.4. The molecule has 3 rings (SSSR count). The van der Waals surface area contributed by atoms with E-state index in [0.29, 0.717) is 16.4 Å². The van der Waals surface area contributed by atoms with Crippen molar-refractivity contribution in [2.75, 3.05) is 23.3 Å². The second kappa shape index (κ2) is 8.87. The fourth-order valence-electron chi connectivity index (χ4n) is 2.98. The Morgan fingerprint density at radius 2 is 1.81 bits per heavy atom. The fourth-order valence-corrected chi connectivity index (χ4v) is 3.57. The summed E-state index contributed by atoms with van der Waals surface area (Å²) in [5.41, 5.74) is 1.25. The average Bonchev–Trinajstić information content (AvgIpc) is 2.64. The lowest BCUT2D eigenvalue weighted by Gasteiger charge is -2.29. The van der Waals surface area contributed by atoms with Gasteiger partial charge in [0.1, 0.15) is 5.82 Å². The van der Waals surface area contributed by atoms with Gasteiger partial charge >= 0.3 is 0 Å². The molecule has 4 nitrogen and oxygen atoms in total. The van der Waals surface area contributed by atoms with Gasteiger partial charge in [-0.25, -0.2) is 4.39 Å². The van der Waals surface area contributed by atoms with Gasteiger partial charge in [0.05, 0.1) is 16.3 Å². The summed E-state index contributed by atoms with van der Waals surface area (Å²) >= 11 is 17.0. The molecule has 142 valence electrons. The first-order chi connectivity index (χ1) is 12.9. The van der Waals surface area contributed by atoms with E-state index in [2.05, 4.69) is 10.6 Å². The average molecular weight is 426 g/mol. The molecule has 0 saturated carbocycles. The minimum absolute atomic E-state index is 0.0427. The molecule has 2 aromatic carbocycles. The largest absolute Gasteiger partial charge is 0.369 e. The zero-order chi connectivity index (χ0) is 19.4. The highest BCUT2D eigenvalue weighted by Crippen LogP contribution is 2.26. The molecule has 1 saturated heterocycles. The normalized spacial score (nSPS) is 14.0. The molecule has 0 aromatic heterocycles. The van der Waals surface area contributed by atoms with E-state index in [1.807, 2.05) is 4.90 Å². The summed E-state index contributed by atoms with van der Waals surface area (Å²) in [5, 5.41) is 6.02. The number of nitrogens with zero attached hydrogens (tertiary/aromatic N) is 1. The van der Waals surface area contributed by atoms with E-state index in [-0.39, 0.29) is 21.5 Å². The van der Waals surface area contributed by atoms with E-state index in [1.165, 1.54) is 24.6 Å². The van der Waals surface area contributed by atoms with E-state index < -0.39 is 5.91 Å². The molecule has 1 amide bonds. The van der Waals surface area contributed by atoms with Gasteiger partial charge in [-0.05, 0) is 67.9 Å². The molecule has 0 radical (unpaired) electrons. The summed E-state index contributed by atoms with van der Waals surface area (Å²) in [5.74, 6) is -0.820. The van der Waals surface area contributed by atoms with Gasteiger partial charge in [0.15, 0.2) is 5.11 Å². The first-order valence-corrected chi connectivity index (χ1v) is 9.72. The molecule has 0 bridgehead atoms. The summed E-state index contributed by atoms with van der Waals surface area (Å²) < 4.78 is 14.5. The van der Waals surface area contributed by atoms with Crippen LogP contribution in [0.3, 0.4) is 0 Å². The van der Waals surface area contributed by atoms with E-state index in [0.717, 1.165) is 25.9 Å². The van der Waals surface area contributed by atoms with Crippen molar-refractivity contribution < 1.29 is 9.18 Å². The van der Waals surface area contributed by atoms with Crippen molar-refractivity contribution in [3.05, 3.63) is 57.8 Å². The number of amides is 1. The quantitative estimate of drug-likeness (QED) is 0.659. The van der Waals surface area contributed by atoms with Gasteiger partial charge < -0.3 is 10.2 Å². The van der Waals surface area contributed by atoms with Crippen LogP contribution in [0.2, 0.25) is 10.0 Å². The monoisotopic (exact) mass is 425 g/mol. The van der Waals surface area contributed by atoms with Gasteiger partial charge in [0.25, 0.3) is 5.91 Å². The first-order valence-electron chi connectivity index (χ1n) is 8.56. The van der Waals surface area contributed by atoms with Gasteiger partial charge in [0, 0.05) is 23.8 Å². The Labute approximate surface area is 172 Å². The molecule has 0 spiro atoms.